The summed E-state index contributed by atoms with van der Waals surface area (Å²) in [6.07, 6.45) is -4.69. The van der Waals surface area contributed by atoms with E-state index < -0.39 is 23.3 Å². The van der Waals surface area contributed by atoms with Crippen LogP contribution >= 0.6 is 11.8 Å². The fourth-order valence-electron chi connectivity index (χ4n) is 1.29. The molecule has 1 rings (SSSR count). The SMILES string of the molecule is CC(=O)SCC#Cc1ccc(C(=O)O)cc1C(F)(F)F. The zero-order chi connectivity index (χ0) is 15.3. The Morgan fingerprint density at radius 3 is 2.50 bits per heavy atom. The van der Waals surface area contributed by atoms with Gasteiger partial charge in [0.25, 0.3) is 0 Å². The van der Waals surface area contributed by atoms with Crippen LogP contribution in [0.4, 0.5) is 13.2 Å². The number of carbonyl (C=O) groups excluding carboxylic acids is 1. The average molecular weight is 302 g/mol. The molecule has 0 aromatic heterocycles. The standard InChI is InChI=1S/C13H9F3O3S/c1-8(17)20-6-2-3-9-4-5-10(12(18)19)7-11(9)13(14,15)16/h4-5,7H,6H2,1H3,(H,18,19). The van der Waals surface area contributed by atoms with Gasteiger partial charge < -0.3 is 5.11 Å². The zero-order valence-corrected chi connectivity index (χ0v) is 11.1. The molecule has 0 fully saturated rings. The highest BCUT2D eigenvalue weighted by atomic mass is 32.2. The largest absolute Gasteiger partial charge is 0.478 e. The summed E-state index contributed by atoms with van der Waals surface area (Å²) in [7, 11) is 0. The molecule has 3 nitrogen and oxygen atoms in total. The Morgan fingerprint density at radius 2 is 2.00 bits per heavy atom. The van der Waals surface area contributed by atoms with Crippen molar-refractivity contribution in [3.8, 4) is 11.8 Å². The van der Waals surface area contributed by atoms with Gasteiger partial charge in [-0.25, -0.2) is 4.79 Å². The lowest BCUT2D eigenvalue weighted by molar-refractivity contribution is -0.137. The first-order chi connectivity index (χ1) is 9.21. The summed E-state index contributed by atoms with van der Waals surface area (Å²) in [5.74, 6) is 3.38. The molecular formula is C13H9F3O3S. The van der Waals surface area contributed by atoms with E-state index in [4.69, 9.17) is 5.11 Å². The van der Waals surface area contributed by atoms with Gasteiger partial charge in [0.1, 0.15) is 0 Å². The molecule has 0 bridgehead atoms. The second-order valence-electron chi connectivity index (χ2n) is 3.65. The van der Waals surface area contributed by atoms with Crippen LogP contribution in [0.3, 0.4) is 0 Å². The maximum absolute atomic E-state index is 12.8. The number of halogens is 3. The van der Waals surface area contributed by atoms with Crippen molar-refractivity contribution < 1.29 is 27.9 Å². The Morgan fingerprint density at radius 1 is 1.35 bits per heavy atom. The van der Waals surface area contributed by atoms with Crippen molar-refractivity contribution in [3.63, 3.8) is 0 Å². The van der Waals surface area contributed by atoms with Crippen LogP contribution in [0.15, 0.2) is 18.2 Å². The number of hydrogen-bond donors (Lipinski definition) is 1. The number of carboxylic acids is 1. The lowest BCUT2D eigenvalue weighted by atomic mass is 10.0. The Hall–Kier alpha value is -1.94. The highest BCUT2D eigenvalue weighted by Crippen LogP contribution is 2.32. The minimum Gasteiger partial charge on any atom is -0.478 e. The number of hydrogen-bond acceptors (Lipinski definition) is 3. The minimum absolute atomic E-state index is 0.0767. The summed E-state index contributed by atoms with van der Waals surface area (Å²) < 4.78 is 38.4. The molecule has 0 atom stereocenters. The molecule has 1 aromatic carbocycles. The van der Waals surface area contributed by atoms with E-state index in [1.807, 2.05) is 0 Å². The van der Waals surface area contributed by atoms with Gasteiger partial charge in [-0.2, -0.15) is 13.2 Å². The molecule has 0 saturated heterocycles. The topological polar surface area (TPSA) is 54.4 Å². The molecule has 0 aliphatic carbocycles. The van der Waals surface area contributed by atoms with E-state index in [0.29, 0.717) is 6.07 Å². The highest BCUT2D eigenvalue weighted by Gasteiger charge is 2.33. The fraction of sp³-hybridized carbons (Fsp3) is 0.231. The monoisotopic (exact) mass is 302 g/mol. The first-order valence-electron chi connectivity index (χ1n) is 5.28. The molecule has 1 aromatic rings. The van der Waals surface area contributed by atoms with E-state index in [-0.39, 0.29) is 16.4 Å². The van der Waals surface area contributed by atoms with Crippen molar-refractivity contribution in [1.82, 2.24) is 0 Å². The molecular weight excluding hydrogens is 293 g/mol. The number of rotatable bonds is 2. The van der Waals surface area contributed by atoms with Gasteiger partial charge in [-0.1, -0.05) is 23.6 Å². The van der Waals surface area contributed by atoms with Crippen molar-refractivity contribution in [2.24, 2.45) is 0 Å². The lowest BCUT2D eigenvalue weighted by Crippen LogP contribution is -2.10. The van der Waals surface area contributed by atoms with Gasteiger partial charge in [-0.3, -0.25) is 4.79 Å². The zero-order valence-electron chi connectivity index (χ0n) is 10.2. The summed E-state index contributed by atoms with van der Waals surface area (Å²) in [5.41, 5.74) is -1.87. The van der Waals surface area contributed by atoms with E-state index in [9.17, 15) is 22.8 Å². The predicted octanol–water partition coefficient (Wildman–Crippen LogP) is 3.03. The number of benzene rings is 1. The van der Waals surface area contributed by atoms with Gasteiger partial charge in [-0.05, 0) is 18.2 Å². The molecule has 106 valence electrons. The van der Waals surface area contributed by atoms with Crippen LogP contribution in [0.1, 0.15) is 28.4 Å². The number of carboxylic acid groups (broad SMARTS) is 1. The molecule has 0 aliphatic heterocycles. The molecule has 0 saturated carbocycles. The van der Waals surface area contributed by atoms with Gasteiger partial charge >= 0.3 is 12.1 Å². The Balaban J connectivity index is 3.13. The number of aromatic carboxylic acids is 1. The van der Waals surface area contributed by atoms with Gasteiger partial charge in [0.05, 0.1) is 16.9 Å². The maximum Gasteiger partial charge on any atom is 0.417 e. The first kappa shape index (κ1) is 16.1. The molecule has 0 radical (unpaired) electrons. The van der Waals surface area contributed by atoms with E-state index in [1.54, 1.807) is 0 Å². The van der Waals surface area contributed by atoms with Crippen molar-refractivity contribution >= 4 is 22.8 Å². The third kappa shape index (κ3) is 4.63. The molecule has 0 unspecified atom stereocenters. The van der Waals surface area contributed by atoms with E-state index in [1.165, 1.54) is 6.92 Å². The fourth-order valence-corrected chi connectivity index (χ4v) is 1.64. The molecule has 0 amide bonds. The Bertz CT molecular complexity index is 597. The first-order valence-corrected chi connectivity index (χ1v) is 6.27. The summed E-state index contributed by atoms with van der Waals surface area (Å²) >= 11 is 0.884. The molecule has 1 N–H and O–H groups in total. The van der Waals surface area contributed by atoms with Gasteiger partial charge in [0, 0.05) is 12.5 Å². The average Bonchev–Trinajstić information content (AvgIpc) is 2.33. The summed E-state index contributed by atoms with van der Waals surface area (Å²) in [6.45, 7) is 1.33. The van der Waals surface area contributed by atoms with E-state index in [2.05, 4.69) is 11.8 Å². The normalized spacial score (nSPS) is 10.6. The Labute approximate surface area is 117 Å². The van der Waals surface area contributed by atoms with Crippen LogP contribution in [0.25, 0.3) is 0 Å². The van der Waals surface area contributed by atoms with Crippen LogP contribution in [-0.4, -0.2) is 21.9 Å². The maximum atomic E-state index is 12.8. The second-order valence-corrected chi connectivity index (χ2v) is 4.80. The van der Waals surface area contributed by atoms with Crippen molar-refractivity contribution in [3.05, 3.63) is 34.9 Å². The predicted molar refractivity (Wildman–Crippen MR) is 68.4 cm³/mol. The van der Waals surface area contributed by atoms with Gasteiger partial charge in [-0.15, -0.1) is 0 Å². The summed E-state index contributed by atoms with van der Waals surface area (Å²) in [5, 5.41) is 8.51. The Kier molecular flexibility index (Phi) is 5.22. The van der Waals surface area contributed by atoms with Crippen LogP contribution in [0, 0.1) is 11.8 Å². The third-order valence-corrected chi connectivity index (χ3v) is 2.84. The molecule has 7 heteroatoms. The van der Waals surface area contributed by atoms with Crippen LogP contribution in [0.5, 0.6) is 0 Å². The van der Waals surface area contributed by atoms with E-state index in [0.717, 1.165) is 23.9 Å². The molecule has 0 aliphatic rings. The van der Waals surface area contributed by atoms with Gasteiger partial charge in [0.15, 0.2) is 5.12 Å². The smallest absolute Gasteiger partial charge is 0.417 e. The summed E-state index contributed by atoms with van der Waals surface area (Å²) in [4.78, 5) is 21.3. The van der Waals surface area contributed by atoms with Crippen LogP contribution < -0.4 is 0 Å². The van der Waals surface area contributed by atoms with Crippen molar-refractivity contribution in [1.29, 1.82) is 0 Å². The highest BCUT2D eigenvalue weighted by molar-refractivity contribution is 8.13. The molecule has 0 heterocycles. The number of alkyl halides is 3. The van der Waals surface area contributed by atoms with Crippen molar-refractivity contribution in [2.75, 3.05) is 5.75 Å². The second kappa shape index (κ2) is 6.48. The quantitative estimate of drug-likeness (QED) is 0.853. The van der Waals surface area contributed by atoms with E-state index >= 15 is 0 Å². The summed E-state index contributed by atoms with van der Waals surface area (Å²) in [6, 6.07) is 2.61. The number of thioether (sulfide) groups is 1. The number of carbonyl (C=O) groups is 2. The molecule has 20 heavy (non-hydrogen) atoms. The third-order valence-electron chi connectivity index (χ3n) is 2.14. The van der Waals surface area contributed by atoms with Crippen molar-refractivity contribution in [2.45, 2.75) is 13.1 Å². The van der Waals surface area contributed by atoms with Crippen LogP contribution in [0.2, 0.25) is 0 Å². The minimum atomic E-state index is -4.69. The van der Waals surface area contributed by atoms with Gasteiger partial charge in [0.2, 0.25) is 0 Å². The molecule has 0 spiro atoms. The lowest BCUT2D eigenvalue weighted by Gasteiger charge is -2.09. The van der Waals surface area contributed by atoms with Crippen LogP contribution in [-0.2, 0) is 11.0 Å².